The molecule has 0 atom stereocenters. The normalized spacial score (nSPS) is 11.1. The van der Waals surface area contributed by atoms with Gasteiger partial charge in [0.2, 0.25) is 0 Å². The van der Waals surface area contributed by atoms with Crippen LogP contribution in [0.5, 0.6) is 5.75 Å². The molecular formula is C20H25Cl2NO. The van der Waals surface area contributed by atoms with Gasteiger partial charge in [0.05, 0.1) is 5.02 Å². The minimum atomic E-state index is 0.487. The van der Waals surface area contributed by atoms with Gasteiger partial charge in [-0.15, -0.1) is 0 Å². The maximum atomic E-state index is 6.35. The number of hydrogen-bond donors (Lipinski definition) is 1. The quantitative estimate of drug-likeness (QED) is 0.577. The summed E-state index contributed by atoms with van der Waals surface area (Å²) in [6.07, 6.45) is 1.13. The van der Waals surface area contributed by atoms with Gasteiger partial charge in [-0.1, -0.05) is 66.9 Å². The highest BCUT2D eigenvalue weighted by atomic mass is 35.5. The maximum absolute atomic E-state index is 6.35. The van der Waals surface area contributed by atoms with Crippen LogP contribution in [0.2, 0.25) is 10.0 Å². The molecule has 2 aromatic carbocycles. The largest absolute Gasteiger partial charge is 0.487 e. The number of benzene rings is 2. The molecule has 0 aliphatic rings. The van der Waals surface area contributed by atoms with Crippen molar-refractivity contribution in [2.24, 2.45) is 5.92 Å². The second-order valence-corrected chi connectivity index (χ2v) is 7.35. The summed E-state index contributed by atoms with van der Waals surface area (Å²) in [6.45, 7) is 8.64. The Morgan fingerprint density at radius 1 is 1.08 bits per heavy atom. The van der Waals surface area contributed by atoms with E-state index in [1.165, 1.54) is 5.56 Å². The van der Waals surface area contributed by atoms with E-state index in [-0.39, 0.29) is 0 Å². The van der Waals surface area contributed by atoms with E-state index in [4.69, 9.17) is 27.9 Å². The minimum absolute atomic E-state index is 0.487. The van der Waals surface area contributed by atoms with Crippen molar-refractivity contribution < 1.29 is 4.74 Å². The van der Waals surface area contributed by atoms with E-state index in [0.29, 0.717) is 34.9 Å². The van der Waals surface area contributed by atoms with Crippen LogP contribution in [0.25, 0.3) is 0 Å². The third kappa shape index (κ3) is 6.01. The number of aryl methyl sites for hydroxylation is 1. The highest BCUT2D eigenvalue weighted by molar-refractivity contribution is 6.35. The summed E-state index contributed by atoms with van der Waals surface area (Å²) in [6, 6.07) is 11.9. The predicted octanol–water partition coefficient (Wildman–Crippen LogP) is 6.02. The zero-order valence-corrected chi connectivity index (χ0v) is 16.0. The molecule has 0 fully saturated rings. The van der Waals surface area contributed by atoms with Crippen LogP contribution in [0, 0.1) is 12.8 Å². The van der Waals surface area contributed by atoms with Gasteiger partial charge in [0.15, 0.2) is 0 Å². The standard InChI is InChI=1S/C20H25Cl2NO/c1-14(2)8-9-23-12-17-10-18(21)11-19(22)20(17)24-13-16-6-4-15(3)5-7-16/h4-7,10-11,14,23H,8-9,12-13H2,1-3H3. The fraction of sp³-hybridized carbons (Fsp3) is 0.400. The fourth-order valence-corrected chi connectivity index (χ4v) is 2.95. The number of hydrogen-bond acceptors (Lipinski definition) is 2. The Balaban J connectivity index is 2.05. The summed E-state index contributed by atoms with van der Waals surface area (Å²) in [5.74, 6) is 1.39. The van der Waals surface area contributed by atoms with Crippen molar-refractivity contribution in [3.63, 3.8) is 0 Å². The van der Waals surface area contributed by atoms with E-state index in [9.17, 15) is 0 Å². The van der Waals surface area contributed by atoms with E-state index in [1.807, 2.05) is 6.07 Å². The second-order valence-electron chi connectivity index (χ2n) is 6.51. The molecule has 0 aromatic heterocycles. The molecule has 0 aliphatic carbocycles. The van der Waals surface area contributed by atoms with Crippen LogP contribution in [-0.4, -0.2) is 6.54 Å². The van der Waals surface area contributed by atoms with Crippen molar-refractivity contribution in [1.29, 1.82) is 0 Å². The molecule has 1 N–H and O–H groups in total. The van der Waals surface area contributed by atoms with Crippen molar-refractivity contribution in [3.05, 3.63) is 63.1 Å². The van der Waals surface area contributed by atoms with Crippen LogP contribution in [0.3, 0.4) is 0 Å². The maximum Gasteiger partial charge on any atom is 0.142 e. The molecule has 2 aromatic rings. The summed E-state index contributed by atoms with van der Waals surface area (Å²) in [4.78, 5) is 0. The summed E-state index contributed by atoms with van der Waals surface area (Å²) in [5, 5.41) is 4.62. The highest BCUT2D eigenvalue weighted by Gasteiger charge is 2.11. The molecule has 0 radical (unpaired) electrons. The third-order valence-corrected chi connectivity index (χ3v) is 4.30. The smallest absolute Gasteiger partial charge is 0.142 e. The summed E-state index contributed by atoms with van der Waals surface area (Å²) < 4.78 is 6.00. The van der Waals surface area contributed by atoms with Crippen molar-refractivity contribution >= 4 is 23.2 Å². The van der Waals surface area contributed by atoms with Crippen LogP contribution in [0.15, 0.2) is 36.4 Å². The third-order valence-electron chi connectivity index (χ3n) is 3.80. The van der Waals surface area contributed by atoms with Crippen LogP contribution < -0.4 is 10.1 Å². The molecule has 4 heteroatoms. The van der Waals surface area contributed by atoms with E-state index in [0.717, 1.165) is 24.1 Å². The first-order chi connectivity index (χ1) is 11.5. The van der Waals surface area contributed by atoms with E-state index in [2.05, 4.69) is 50.4 Å². The van der Waals surface area contributed by atoms with Crippen LogP contribution >= 0.6 is 23.2 Å². The topological polar surface area (TPSA) is 21.3 Å². The Hall–Kier alpha value is -1.22. The Labute approximate surface area is 155 Å². The Kier molecular flexibility index (Phi) is 7.41. The highest BCUT2D eigenvalue weighted by Crippen LogP contribution is 2.33. The summed E-state index contributed by atoms with van der Waals surface area (Å²) in [5.41, 5.74) is 3.34. The number of halogens is 2. The first-order valence-corrected chi connectivity index (χ1v) is 9.08. The lowest BCUT2D eigenvalue weighted by Gasteiger charge is -2.15. The van der Waals surface area contributed by atoms with Gasteiger partial charge in [-0.2, -0.15) is 0 Å². The molecule has 2 nitrogen and oxygen atoms in total. The van der Waals surface area contributed by atoms with E-state index in [1.54, 1.807) is 6.07 Å². The van der Waals surface area contributed by atoms with Gasteiger partial charge in [0.25, 0.3) is 0 Å². The molecule has 0 bridgehead atoms. The van der Waals surface area contributed by atoms with Gasteiger partial charge in [0.1, 0.15) is 12.4 Å². The van der Waals surface area contributed by atoms with Gasteiger partial charge in [-0.05, 0) is 43.5 Å². The van der Waals surface area contributed by atoms with Crippen molar-refractivity contribution in [1.82, 2.24) is 5.32 Å². The summed E-state index contributed by atoms with van der Waals surface area (Å²) >= 11 is 12.5. The average Bonchev–Trinajstić information content (AvgIpc) is 2.52. The zero-order valence-electron chi connectivity index (χ0n) is 14.5. The fourth-order valence-electron chi connectivity index (χ4n) is 2.36. The molecular weight excluding hydrogens is 341 g/mol. The molecule has 0 saturated carbocycles. The Bertz CT molecular complexity index is 653. The molecule has 0 spiro atoms. The molecule has 0 aliphatic heterocycles. The lowest BCUT2D eigenvalue weighted by Crippen LogP contribution is -2.17. The molecule has 2 rings (SSSR count). The first kappa shape index (κ1) is 19.1. The van der Waals surface area contributed by atoms with Crippen LogP contribution in [0.1, 0.15) is 37.0 Å². The molecule has 0 heterocycles. The van der Waals surface area contributed by atoms with Gasteiger partial charge >= 0.3 is 0 Å². The Morgan fingerprint density at radius 2 is 1.79 bits per heavy atom. The zero-order chi connectivity index (χ0) is 17.5. The van der Waals surface area contributed by atoms with E-state index < -0.39 is 0 Å². The molecule has 0 amide bonds. The SMILES string of the molecule is Cc1ccc(COc2c(Cl)cc(Cl)cc2CNCCC(C)C)cc1. The lowest BCUT2D eigenvalue weighted by molar-refractivity contribution is 0.302. The molecule has 24 heavy (non-hydrogen) atoms. The van der Waals surface area contributed by atoms with Crippen LogP contribution in [-0.2, 0) is 13.2 Å². The number of ether oxygens (including phenoxy) is 1. The molecule has 130 valence electrons. The van der Waals surface area contributed by atoms with Gasteiger partial charge in [-0.25, -0.2) is 0 Å². The molecule has 0 unspecified atom stereocenters. The second kappa shape index (κ2) is 9.31. The predicted molar refractivity (Wildman–Crippen MR) is 103 cm³/mol. The monoisotopic (exact) mass is 365 g/mol. The van der Waals surface area contributed by atoms with Gasteiger partial charge < -0.3 is 10.1 Å². The first-order valence-electron chi connectivity index (χ1n) is 8.32. The lowest BCUT2D eigenvalue weighted by atomic mass is 10.1. The van der Waals surface area contributed by atoms with Gasteiger partial charge in [-0.3, -0.25) is 0 Å². The Morgan fingerprint density at radius 3 is 2.46 bits per heavy atom. The molecule has 0 saturated heterocycles. The van der Waals surface area contributed by atoms with Crippen molar-refractivity contribution in [2.75, 3.05) is 6.54 Å². The summed E-state index contributed by atoms with van der Waals surface area (Å²) in [7, 11) is 0. The number of rotatable bonds is 8. The van der Waals surface area contributed by atoms with Crippen LogP contribution in [0.4, 0.5) is 0 Å². The number of nitrogens with one attached hydrogen (secondary N) is 1. The van der Waals surface area contributed by atoms with Crippen molar-refractivity contribution in [2.45, 2.75) is 40.3 Å². The van der Waals surface area contributed by atoms with Crippen molar-refractivity contribution in [3.8, 4) is 5.75 Å². The van der Waals surface area contributed by atoms with E-state index >= 15 is 0 Å². The average molecular weight is 366 g/mol. The van der Waals surface area contributed by atoms with Gasteiger partial charge in [0, 0.05) is 17.1 Å². The minimum Gasteiger partial charge on any atom is -0.487 e.